The quantitative estimate of drug-likeness (QED) is 0.576. The van der Waals surface area contributed by atoms with Crippen LogP contribution in [0.1, 0.15) is 17.5 Å². The van der Waals surface area contributed by atoms with Crippen LogP contribution in [0.25, 0.3) is 6.08 Å². The second-order valence-electron chi connectivity index (χ2n) is 3.25. The average Bonchev–Trinajstić information content (AvgIpc) is 2.26. The molecule has 0 amide bonds. The Hall–Kier alpha value is -1.79. The third-order valence-corrected chi connectivity index (χ3v) is 2.06. The fourth-order valence-electron chi connectivity index (χ4n) is 1.25. The molecule has 3 nitrogen and oxygen atoms in total. The van der Waals surface area contributed by atoms with Gasteiger partial charge in [0.25, 0.3) is 0 Å². The van der Waals surface area contributed by atoms with Gasteiger partial charge in [0.15, 0.2) is 0 Å². The van der Waals surface area contributed by atoms with Crippen LogP contribution in [0.2, 0.25) is 0 Å². The molecule has 1 aromatic rings. The number of nitrogen functional groups attached to an aromatic ring is 1. The molecule has 0 spiro atoms. The van der Waals surface area contributed by atoms with E-state index >= 15 is 0 Å². The predicted octanol–water partition coefficient (Wildman–Crippen LogP) is 1.76. The van der Waals surface area contributed by atoms with Crippen LogP contribution >= 0.6 is 0 Å². The number of nitriles is 1. The van der Waals surface area contributed by atoms with Gasteiger partial charge in [0.1, 0.15) is 0 Å². The first-order valence-corrected chi connectivity index (χ1v) is 4.88. The molecule has 0 fully saturated rings. The summed E-state index contributed by atoms with van der Waals surface area (Å²) in [5.41, 5.74) is 7.76. The van der Waals surface area contributed by atoms with Crippen LogP contribution in [0.3, 0.4) is 0 Å². The van der Waals surface area contributed by atoms with Gasteiger partial charge >= 0.3 is 0 Å². The average molecular weight is 201 g/mol. The number of nitrogens with two attached hydrogens (primary N) is 1. The number of hydrogen-bond donors (Lipinski definition) is 2. The first kappa shape index (κ1) is 11.3. The molecule has 0 aliphatic rings. The topological polar surface area (TPSA) is 61.8 Å². The van der Waals surface area contributed by atoms with E-state index in [0.717, 1.165) is 18.5 Å². The normalized spacial score (nSPS) is 10.4. The summed E-state index contributed by atoms with van der Waals surface area (Å²) in [5, 5.41) is 11.9. The molecule has 3 heteroatoms. The molecular formula is C12H15N3. The molecule has 0 aliphatic carbocycles. The summed E-state index contributed by atoms with van der Waals surface area (Å²) in [6, 6.07) is 7.49. The first-order valence-electron chi connectivity index (χ1n) is 4.88. The minimum absolute atomic E-state index is 0.621. The highest BCUT2D eigenvalue weighted by atomic mass is 14.8. The maximum Gasteiger partial charge on any atom is 0.0998 e. The van der Waals surface area contributed by atoms with Crippen molar-refractivity contribution in [3.8, 4) is 6.07 Å². The largest absolute Gasteiger partial charge is 0.399 e. The maximum absolute atomic E-state index is 8.89. The van der Waals surface area contributed by atoms with E-state index in [1.54, 1.807) is 12.1 Å². The zero-order valence-corrected chi connectivity index (χ0v) is 8.83. The standard InChI is InChI=1S/C12H15N3/c1-15-7-3-2-4-10-5-6-12(14)8-11(10)9-13/h2,4-6,8,15H,3,7,14H2,1H3. The van der Waals surface area contributed by atoms with Crippen molar-refractivity contribution in [3.63, 3.8) is 0 Å². The first-order chi connectivity index (χ1) is 7.27. The molecule has 0 heterocycles. The molecule has 78 valence electrons. The number of benzene rings is 1. The smallest absolute Gasteiger partial charge is 0.0998 e. The second kappa shape index (κ2) is 5.84. The number of anilines is 1. The third-order valence-electron chi connectivity index (χ3n) is 2.06. The fraction of sp³-hybridized carbons (Fsp3) is 0.250. The van der Waals surface area contributed by atoms with Crippen molar-refractivity contribution < 1.29 is 0 Å². The molecule has 0 bridgehead atoms. The Bertz CT molecular complexity index is 388. The lowest BCUT2D eigenvalue weighted by molar-refractivity contribution is 0.809. The molecule has 0 atom stereocenters. The lowest BCUT2D eigenvalue weighted by atomic mass is 10.1. The Kier molecular flexibility index (Phi) is 4.39. The highest BCUT2D eigenvalue weighted by Crippen LogP contribution is 2.14. The van der Waals surface area contributed by atoms with E-state index in [1.807, 2.05) is 25.3 Å². The number of nitrogens with one attached hydrogen (secondary N) is 1. The van der Waals surface area contributed by atoms with Crippen LogP contribution in [0.15, 0.2) is 24.3 Å². The minimum atomic E-state index is 0.621. The summed E-state index contributed by atoms with van der Waals surface area (Å²) in [6.07, 6.45) is 4.95. The zero-order chi connectivity index (χ0) is 11.1. The summed E-state index contributed by atoms with van der Waals surface area (Å²) in [7, 11) is 1.91. The van der Waals surface area contributed by atoms with Crippen LogP contribution in [-0.2, 0) is 0 Å². The van der Waals surface area contributed by atoms with E-state index in [-0.39, 0.29) is 0 Å². The van der Waals surface area contributed by atoms with Crippen LogP contribution < -0.4 is 11.1 Å². The van der Waals surface area contributed by atoms with Crippen molar-refractivity contribution in [1.82, 2.24) is 5.32 Å². The van der Waals surface area contributed by atoms with Gasteiger partial charge in [0.05, 0.1) is 11.6 Å². The monoisotopic (exact) mass is 201 g/mol. The van der Waals surface area contributed by atoms with Gasteiger partial charge in [-0.05, 0) is 37.7 Å². The van der Waals surface area contributed by atoms with Gasteiger partial charge in [-0.25, -0.2) is 0 Å². The fourth-order valence-corrected chi connectivity index (χ4v) is 1.25. The molecule has 0 radical (unpaired) electrons. The lowest BCUT2D eigenvalue weighted by Gasteiger charge is -1.99. The molecule has 1 rings (SSSR count). The van der Waals surface area contributed by atoms with E-state index in [2.05, 4.69) is 11.4 Å². The Morgan fingerprint density at radius 3 is 3.00 bits per heavy atom. The number of hydrogen-bond acceptors (Lipinski definition) is 3. The molecule has 0 aliphatic heterocycles. The van der Waals surface area contributed by atoms with E-state index < -0.39 is 0 Å². The Balaban J connectivity index is 2.77. The van der Waals surface area contributed by atoms with Gasteiger partial charge in [0, 0.05) is 5.69 Å². The predicted molar refractivity (Wildman–Crippen MR) is 63.1 cm³/mol. The summed E-state index contributed by atoms with van der Waals surface area (Å²) in [6.45, 7) is 0.938. The van der Waals surface area contributed by atoms with E-state index in [1.165, 1.54) is 0 Å². The van der Waals surface area contributed by atoms with Crippen molar-refractivity contribution in [2.45, 2.75) is 6.42 Å². The highest BCUT2D eigenvalue weighted by molar-refractivity contribution is 5.62. The SMILES string of the molecule is CNCCC=Cc1ccc(N)cc1C#N. The van der Waals surface area contributed by atoms with Crippen molar-refractivity contribution in [3.05, 3.63) is 35.4 Å². The Morgan fingerprint density at radius 2 is 2.33 bits per heavy atom. The van der Waals surface area contributed by atoms with E-state index in [4.69, 9.17) is 11.0 Å². The Labute approximate surface area is 90.2 Å². The van der Waals surface area contributed by atoms with Crippen LogP contribution in [0, 0.1) is 11.3 Å². The van der Waals surface area contributed by atoms with Crippen LogP contribution in [-0.4, -0.2) is 13.6 Å². The van der Waals surface area contributed by atoms with Gasteiger partial charge in [0.2, 0.25) is 0 Å². The van der Waals surface area contributed by atoms with Crippen molar-refractivity contribution in [2.24, 2.45) is 0 Å². The van der Waals surface area contributed by atoms with Gasteiger partial charge in [-0.15, -0.1) is 0 Å². The summed E-state index contributed by atoms with van der Waals surface area (Å²) in [5.74, 6) is 0. The lowest BCUT2D eigenvalue weighted by Crippen LogP contribution is -2.05. The van der Waals surface area contributed by atoms with E-state index in [9.17, 15) is 0 Å². The molecule has 15 heavy (non-hydrogen) atoms. The van der Waals surface area contributed by atoms with Crippen LogP contribution in [0.5, 0.6) is 0 Å². The second-order valence-corrected chi connectivity index (χ2v) is 3.25. The van der Waals surface area contributed by atoms with Gasteiger partial charge < -0.3 is 11.1 Å². The van der Waals surface area contributed by atoms with Crippen molar-refractivity contribution in [2.75, 3.05) is 19.3 Å². The highest BCUT2D eigenvalue weighted by Gasteiger charge is 1.97. The van der Waals surface area contributed by atoms with E-state index in [0.29, 0.717) is 11.3 Å². The van der Waals surface area contributed by atoms with Gasteiger partial charge in [-0.3, -0.25) is 0 Å². The Morgan fingerprint density at radius 1 is 1.53 bits per heavy atom. The van der Waals surface area contributed by atoms with Gasteiger partial charge in [-0.1, -0.05) is 18.2 Å². The summed E-state index contributed by atoms with van der Waals surface area (Å²) < 4.78 is 0. The third kappa shape index (κ3) is 3.45. The summed E-state index contributed by atoms with van der Waals surface area (Å²) >= 11 is 0. The molecule has 3 N–H and O–H groups in total. The summed E-state index contributed by atoms with van der Waals surface area (Å²) in [4.78, 5) is 0. The van der Waals surface area contributed by atoms with Crippen molar-refractivity contribution in [1.29, 1.82) is 5.26 Å². The minimum Gasteiger partial charge on any atom is -0.399 e. The molecule has 0 saturated carbocycles. The zero-order valence-electron chi connectivity index (χ0n) is 8.83. The van der Waals surface area contributed by atoms with Crippen molar-refractivity contribution >= 4 is 11.8 Å². The molecular weight excluding hydrogens is 186 g/mol. The maximum atomic E-state index is 8.89. The molecule has 1 aromatic carbocycles. The van der Waals surface area contributed by atoms with Crippen LogP contribution in [0.4, 0.5) is 5.69 Å². The molecule has 0 aromatic heterocycles. The molecule has 0 saturated heterocycles. The number of nitrogens with zero attached hydrogens (tertiary/aromatic N) is 1. The molecule has 0 unspecified atom stereocenters. The number of rotatable bonds is 4. The van der Waals surface area contributed by atoms with Gasteiger partial charge in [-0.2, -0.15) is 5.26 Å².